The van der Waals surface area contributed by atoms with Crippen molar-refractivity contribution in [1.82, 2.24) is 9.13 Å². The van der Waals surface area contributed by atoms with E-state index in [1.54, 1.807) is 12.1 Å². The lowest BCUT2D eigenvalue weighted by molar-refractivity contribution is 0.669. The van der Waals surface area contributed by atoms with E-state index in [0.29, 0.717) is 22.1 Å². The molecule has 0 aliphatic carbocycles. The molecule has 0 bridgehead atoms. The van der Waals surface area contributed by atoms with Crippen LogP contribution in [0, 0.1) is 0 Å². The Kier molecular flexibility index (Phi) is 5.38. The number of para-hydroxylation sites is 2. The Hall–Kier alpha value is -7.36. The van der Waals surface area contributed by atoms with Gasteiger partial charge in [-0.3, -0.25) is 0 Å². The van der Waals surface area contributed by atoms with Crippen LogP contribution in [0.4, 0.5) is 0 Å². The number of rotatable bonds is 4. The Balaban J connectivity index is 1.02. The van der Waals surface area contributed by atoms with Crippen molar-refractivity contribution in [2.45, 2.75) is 0 Å². The number of aromatic nitrogens is 2. The first-order valence-corrected chi connectivity index (χ1v) is 18.4. The molecule has 0 aliphatic rings. The largest absolute Gasteiger partial charge is 0.456 e. The maximum absolute atomic E-state index is 8.75. The van der Waals surface area contributed by atoms with Gasteiger partial charge in [-0.15, -0.1) is 0 Å². The molecule has 3 aromatic heterocycles. The van der Waals surface area contributed by atoms with Gasteiger partial charge in [-0.05, 0) is 106 Å². The van der Waals surface area contributed by atoms with Crippen molar-refractivity contribution >= 4 is 76.3 Å². The van der Waals surface area contributed by atoms with Gasteiger partial charge in [0.2, 0.25) is 0 Å². The third kappa shape index (κ3) is 4.50. The number of benzene rings is 9. The molecule has 0 fully saturated rings. The first kappa shape index (κ1) is 25.6. The van der Waals surface area contributed by atoms with Crippen LogP contribution in [0.5, 0.6) is 0 Å². The summed E-state index contributed by atoms with van der Waals surface area (Å²) < 4.78 is 53.3. The Morgan fingerprint density at radius 3 is 1.69 bits per heavy atom. The summed E-state index contributed by atoms with van der Waals surface area (Å²) in [6, 6.07) is 55.6. The van der Waals surface area contributed by atoms with Crippen LogP contribution in [0.1, 0.15) is 6.85 Å². The highest BCUT2D eigenvalue weighted by Gasteiger charge is 2.18. The summed E-state index contributed by atoms with van der Waals surface area (Å²) in [6.45, 7) is 0. The Morgan fingerprint density at radius 2 is 0.982 bits per heavy atom. The minimum atomic E-state index is -0.417. The molecule has 0 amide bonds. The molecule has 0 aliphatic heterocycles. The van der Waals surface area contributed by atoms with E-state index in [0.717, 1.165) is 55.2 Å². The average molecular weight is 706 g/mol. The third-order valence-electron chi connectivity index (χ3n) is 11.2. The SMILES string of the molecule is [2H]c1c([2H])c([2H])c(-c2cccc3oc4ccc(-n5c6ccccc6c6cc(-c7ccc8c(c7)c7ccccc7n8-c7ccc8ccccc8c7)ccc65)cc4c23)c([2H])c1[2H]. The van der Waals surface area contributed by atoms with Crippen LogP contribution >= 0.6 is 0 Å². The van der Waals surface area contributed by atoms with Crippen molar-refractivity contribution in [3.63, 3.8) is 0 Å². The van der Waals surface area contributed by atoms with Gasteiger partial charge in [-0.25, -0.2) is 0 Å². The van der Waals surface area contributed by atoms with Crippen molar-refractivity contribution in [3.8, 4) is 33.6 Å². The zero-order valence-electron chi connectivity index (χ0n) is 34.4. The molecule has 12 rings (SSSR count). The van der Waals surface area contributed by atoms with Crippen molar-refractivity contribution in [2.24, 2.45) is 0 Å². The highest BCUT2D eigenvalue weighted by molar-refractivity contribution is 6.15. The van der Waals surface area contributed by atoms with Gasteiger partial charge in [-0.2, -0.15) is 0 Å². The Labute approximate surface area is 323 Å². The second kappa shape index (κ2) is 11.6. The summed E-state index contributed by atoms with van der Waals surface area (Å²) >= 11 is 0. The number of fused-ring (bicyclic) bond motifs is 10. The quantitative estimate of drug-likeness (QED) is 0.179. The van der Waals surface area contributed by atoms with Crippen LogP contribution in [0.3, 0.4) is 0 Å². The minimum Gasteiger partial charge on any atom is -0.456 e. The molecule has 0 saturated carbocycles. The lowest BCUT2D eigenvalue weighted by Crippen LogP contribution is -1.94. The van der Waals surface area contributed by atoms with Gasteiger partial charge in [0, 0.05) is 43.7 Å². The molecule has 55 heavy (non-hydrogen) atoms. The third-order valence-corrected chi connectivity index (χ3v) is 11.2. The van der Waals surface area contributed by atoms with Crippen LogP contribution < -0.4 is 0 Å². The summed E-state index contributed by atoms with van der Waals surface area (Å²) in [5, 5.41) is 8.58. The zero-order chi connectivity index (χ0) is 40.4. The molecule has 0 atom stereocenters. The molecular weight excluding hydrogens is 669 g/mol. The van der Waals surface area contributed by atoms with Crippen molar-refractivity contribution in [2.75, 3.05) is 0 Å². The number of nitrogens with zero attached hydrogens (tertiary/aromatic N) is 2. The standard InChI is InChI=1S/C52H32N2O/c1-2-12-34(13-3-1)40-17-10-20-51-52(40)45-32-39(25-28-50(45)55-51)54-47-19-9-7-16-42(47)44-31-37(23-27-49(44)54)36-22-26-48-43(30-36)41-15-6-8-18-46(41)53(48)38-24-21-33-11-4-5-14-35(33)29-38/h1-32H/i1D,2D,3D,12D,13D. The van der Waals surface area contributed by atoms with Crippen LogP contribution in [0.25, 0.3) is 110 Å². The lowest BCUT2D eigenvalue weighted by atomic mass is 9.99. The molecule has 9 aromatic carbocycles. The zero-order valence-corrected chi connectivity index (χ0v) is 29.4. The number of hydrogen-bond acceptors (Lipinski definition) is 1. The minimum absolute atomic E-state index is 0.153. The van der Waals surface area contributed by atoms with E-state index in [9.17, 15) is 0 Å². The lowest BCUT2D eigenvalue weighted by Gasteiger charge is -2.10. The second-order valence-corrected chi connectivity index (χ2v) is 14.2. The average Bonchev–Trinajstić information content (AvgIpc) is 3.95. The second-order valence-electron chi connectivity index (χ2n) is 14.2. The maximum Gasteiger partial charge on any atom is 0.136 e. The molecule has 256 valence electrons. The Morgan fingerprint density at radius 1 is 0.382 bits per heavy atom. The fourth-order valence-electron chi connectivity index (χ4n) is 8.72. The van der Waals surface area contributed by atoms with Crippen molar-refractivity contribution < 1.29 is 11.3 Å². The van der Waals surface area contributed by atoms with E-state index < -0.39 is 6.04 Å². The molecule has 0 unspecified atom stereocenters. The van der Waals surface area contributed by atoms with Gasteiger partial charge < -0.3 is 13.6 Å². The van der Waals surface area contributed by atoms with Crippen molar-refractivity contribution in [3.05, 3.63) is 194 Å². The summed E-state index contributed by atoms with van der Waals surface area (Å²) in [7, 11) is 0. The van der Waals surface area contributed by atoms with E-state index >= 15 is 0 Å². The maximum atomic E-state index is 8.75. The van der Waals surface area contributed by atoms with Crippen LogP contribution in [-0.4, -0.2) is 9.13 Å². The Bertz CT molecular complexity index is 3770. The summed E-state index contributed by atoms with van der Waals surface area (Å²) in [5.74, 6) is 0. The van der Waals surface area contributed by atoms with Gasteiger partial charge in [0.25, 0.3) is 0 Å². The van der Waals surface area contributed by atoms with Gasteiger partial charge in [-0.1, -0.05) is 121 Å². The predicted octanol–water partition coefficient (Wildman–Crippen LogP) is 14.3. The monoisotopic (exact) mass is 705 g/mol. The van der Waals surface area contributed by atoms with Crippen LogP contribution in [0.15, 0.2) is 198 Å². The van der Waals surface area contributed by atoms with E-state index in [1.165, 1.54) is 27.1 Å². The molecular formula is C52H32N2O. The van der Waals surface area contributed by atoms with Crippen molar-refractivity contribution in [1.29, 1.82) is 0 Å². The van der Waals surface area contributed by atoms with Crippen LogP contribution in [-0.2, 0) is 0 Å². The number of hydrogen-bond donors (Lipinski definition) is 0. The molecule has 0 N–H and O–H groups in total. The van der Waals surface area contributed by atoms with Gasteiger partial charge in [0.05, 0.1) is 28.9 Å². The first-order chi connectivity index (χ1) is 29.3. The van der Waals surface area contributed by atoms with E-state index in [4.69, 9.17) is 11.3 Å². The molecule has 0 radical (unpaired) electrons. The predicted molar refractivity (Wildman–Crippen MR) is 231 cm³/mol. The number of furan rings is 1. The molecule has 0 saturated heterocycles. The normalized spacial score (nSPS) is 13.3. The molecule has 3 heteroatoms. The van der Waals surface area contributed by atoms with Gasteiger partial charge in [0.1, 0.15) is 11.2 Å². The smallest absolute Gasteiger partial charge is 0.136 e. The van der Waals surface area contributed by atoms with E-state index in [1.807, 2.05) is 18.2 Å². The van der Waals surface area contributed by atoms with Gasteiger partial charge in [0.15, 0.2) is 0 Å². The summed E-state index contributed by atoms with van der Waals surface area (Å²) in [4.78, 5) is 0. The fraction of sp³-hybridized carbons (Fsp3) is 0. The molecule has 3 nitrogen and oxygen atoms in total. The molecule has 3 heterocycles. The molecule has 12 aromatic rings. The van der Waals surface area contributed by atoms with Crippen LogP contribution in [0.2, 0.25) is 0 Å². The van der Waals surface area contributed by atoms with Gasteiger partial charge >= 0.3 is 0 Å². The summed E-state index contributed by atoms with van der Waals surface area (Å²) in [6.07, 6.45) is 0. The van der Waals surface area contributed by atoms with E-state index in [2.05, 4.69) is 143 Å². The first-order valence-electron chi connectivity index (χ1n) is 20.9. The van der Waals surface area contributed by atoms with E-state index in [-0.39, 0.29) is 29.7 Å². The molecule has 0 spiro atoms. The highest BCUT2D eigenvalue weighted by atomic mass is 16.3. The summed E-state index contributed by atoms with van der Waals surface area (Å²) in [5.41, 5.74) is 10.6. The fourth-order valence-corrected chi connectivity index (χ4v) is 8.72. The highest BCUT2D eigenvalue weighted by Crippen LogP contribution is 2.41. The topological polar surface area (TPSA) is 23.0 Å².